The number of aliphatic hydroxyl groups is 1. The molecule has 1 N–H and O–H groups in total. The summed E-state index contributed by atoms with van der Waals surface area (Å²) in [7, 11) is 2.79. The number of aliphatic hydroxyl groups excluding tert-OH is 1. The van der Waals surface area contributed by atoms with Crippen LogP contribution in [0.4, 0.5) is 4.79 Å². The molecule has 3 heterocycles. The summed E-state index contributed by atoms with van der Waals surface area (Å²) in [6.07, 6.45) is -6.57. The molecule has 0 saturated carbocycles. The molecule has 0 aliphatic carbocycles. The van der Waals surface area contributed by atoms with Gasteiger partial charge in [-0.15, -0.1) is 0 Å². The Bertz CT molecular complexity index is 1910. The number of cyclic esters (lactones) is 1. The highest BCUT2D eigenvalue weighted by atomic mass is 79.9. The number of rotatable bonds is 19. The standard InChI is InChI=1S/C43H48BrNO13/c1-27(47)56-37(39(50-2)41(48)45-32(26-55-43(45)49)30-18-11-6-12-19-30)34-22-31(44)33(57-34)20-13-21-52-40-38(54-25-29-16-9-5-10-17-29)36(35(23-46)58-42(40)51-3)53-24-28-14-7-4-8-15-28/h4-12,14-19,22,32,35-40,42,46H,13,20-21,23-26H2,1-3H3/t32-,35+,36+,37-,38-,39+,40-,42-/m0/s1. The van der Waals surface area contributed by atoms with Gasteiger partial charge in [0.1, 0.15) is 48.6 Å². The van der Waals surface area contributed by atoms with Gasteiger partial charge in [0, 0.05) is 34.2 Å². The van der Waals surface area contributed by atoms with E-state index < -0.39 is 66.9 Å². The molecule has 8 atom stereocenters. The topological polar surface area (TPSA) is 162 Å². The molecule has 2 aliphatic heterocycles. The van der Waals surface area contributed by atoms with Crippen LogP contribution in [-0.2, 0) is 67.1 Å². The Balaban J connectivity index is 1.16. The fraction of sp³-hybridized carbons (Fsp3) is 0.419. The first-order chi connectivity index (χ1) is 28.2. The average molecular weight is 867 g/mol. The predicted molar refractivity (Wildman–Crippen MR) is 210 cm³/mol. The molecule has 1 aromatic heterocycles. The molecule has 3 aromatic carbocycles. The lowest BCUT2D eigenvalue weighted by atomic mass is 9.98. The minimum atomic E-state index is -1.44. The van der Waals surface area contributed by atoms with E-state index in [1.165, 1.54) is 21.1 Å². The number of amides is 2. The second-order valence-corrected chi connectivity index (χ2v) is 14.6. The van der Waals surface area contributed by atoms with Gasteiger partial charge in [0.05, 0.1) is 24.3 Å². The van der Waals surface area contributed by atoms with E-state index in [4.69, 9.17) is 42.3 Å². The van der Waals surface area contributed by atoms with Crippen molar-refractivity contribution in [3.8, 4) is 0 Å². The molecule has 4 aromatic rings. The third-order valence-electron chi connectivity index (χ3n) is 9.85. The number of esters is 1. The van der Waals surface area contributed by atoms with Gasteiger partial charge in [-0.25, -0.2) is 9.69 Å². The molecular weight excluding hydrogens is 818 g/mol. The van der Waals surface area contributed by atoms with E-state index in [1.54, 1.807) is 30.3 Å². The molecule has 2 amide bonds. The van der Waals surface area contributed by atoms with E-state index >= 15 is 0 Å². The molecule has 2 aliphatic rings. The number of nitrogens with zero attached hydrogens (tertiary/aromatic N) is 1. The smallest absolute Gasteiger partial charge is 0.417 e. The van der Waals surface area contributed by atoms with Crippen molar-refractivity contribution in [3.63, 3.8) is 0 Å². The minimum absolute atomic E-state index is 0.0385. The number of furan rings is 1. The van der Waals surface area contributed by atoms with Crippen molar-refractivity contribution in [2.24, 2.45) is 0 Å². The fourth-order valence-corrected chi connectivity index (χ4v) is 7.53. The first-order valence-corrected chi connectivity index (χ1v) is 19.8. The van der Waals surface area contributed by atoms with Crippen LogP contribution in [0.1, 0.15) is 53.7 Å². The van der Waals surface area contributed by atoms with E-state index in [9.17, 15) is 19.5 Å². The number of aryl methyl sites for hydroxylation is 1. The highest BCUT2D eigenvalue weighted by Crippen LogP contribution is 2.36. The molecule has 310 valence electrons. The zero-order valence-electron chi connectivity index (χ0n) is 32.5. The van der Waals surface area contributed by atoms with E-state index in [-0.39, 0.29) is 38.8 Å². The second-order valence-electron chi connectivity index (χ2n) is 13.7. The van der Waals surface area contributed by atoms with Crippen LogP contribution >= 0.6 is 15.9 Å². The maximum atomic E-state index is 14.0. The van der Waals surface area contributed by atoms with E-state index in [0.29, 0.717) is 28.6 Å². The maximum absolute atomic E-state index is 14.0. The van der Waals surface area contributed by atoms with Crippen molar-refractivity contribution in [1.29, 1.82) is 0 Å². The van der Waals surface area contributed by atoms with E-state index in [0.717, 1.165) is 16.0 Å². The number of carbonyl (C=O) groups is 3. The molecule has 14 nitrogen and oxygen atoms in total. The zero-order valence-corrected chi connectivity index (χ0v) is 34.1. The number of hydrogen-bond acceptors (Lipinski definition) is 13. The van der Waals surface area contributed by atoms with Crippen molar-refractivity contribution in [1.82, 2.24) is 4.90 Å². The summed E-state index contributed by atoms with van der Waals surface area (Å²) >= 11 is 3.55. The third-order valence-corrected chi connectivity index (χ3v) is 10.5. The second kappa shape index (κ2) is 21.0. The van der Waals surface area contributed by atoms with Crippen LogP contribution in [0.2, 0.25) is 0 Å². The SMILES string of the molecule is CO[C@H]1O[C@H](CO)[C@@H](OCc2ccccc2)[C@H](OCc2ccccc2)[C@@H]1OCCCc1oc([C@H](OC(C)=O)[C@@H](OC)C(=O)N2C(=O)OC[C@H]2c2ccccc2)cc1Br. The summed E-state index contributed by atoms with van der Waals surface area (Å²) in [6, 6.07) is 29.3. The molecule has 2 fully saturated rings. The van der Waals surface area contributed by atoms with Crippen LogP contribution in [0.5, 0.6) is 0 Å². The zero-order chi connectivity index (χ0) is 41.0. The van der Waals surface area contributed by atoms with Crippen LogP contribution in [0.25, 0.3) is 0 Å². The number of benzene rings is 3. The highest BCUT2D eigenvalue weighted by Gasteiger charge is 2.49. The summed E-state index contributed by atoms with van der Waals surface area (Å²) in [4.78, 5) is 40.2. The van der Waals surface area contributed by atoms with Crippen molar-refractivity contribution in [3.05, 3.63) is 130 Å². The summed E-state index contributed by atoms with van der Waals surface area (Å²) in [5.74, 6) is -0.824. The molecule has 15 heteroatoms. The number of carbonyl (C=O) groups excluding carboxylic acids is 3. The van der Waals surface area contributed by atoms with E-state index in [2.05, 4.69) is 15.9 Å². The summed E-state index contributed by atoms with van der Waals surface area (Å²) in [5.41, 5.74) is 2.59. The first kappa shape index (κ1) is 43.1. The third kappa shape index (κ3) is 10.6. The van der Waals surface area contributed by atoms with Crippen molar-refractivity contribution < 1.29 is 61.8 Å². The van der Waals surface area contributed by atoms with Crippen molar-refractivity contribution in [2.45, 2.75) is 81.9 Å². The van der Waals surface area contributed by atoms with Gasteiger partial charge >= 0.3 is 12.1 Å². The monoisotopic (exact) mass is 865 g/mol. The summed E-state index contributed by atoms with van der Waals surface area (Å²) in [5, 5.41) is 10.4. The number of ether oxygens (including phenoxy) is 8. The van der Waals surface area contributed by atoms with Gasteiger partial charge in [-0.3, -0.25) is 9.59 Å². The Morgan fingerprint density at radius 3 is 2.09 bits per heavy atom. The van der Waals surface area contributed by atoms with Crippen LogP contribution in [0, 0.1) is 0 Å². The summed E-state index contributed by atoms with van der Waals surface area (Å²) in [6.45, 7) is 1.56. The minimum Gasteiger partial charge on any atom is -0.461 e. The molecule has 58 heavy (non-hydrogen) atoms. The molecular formula is C43H48BrNO13. The van der Waals surface area contributed by atoms with Gasteiger partial charge in [-0.05, 0) is 45.1 Å². The lowest BCUT2D eigenvalue weighted by Gasteiger charge is -2.45. The van der Waals surface area contributed by atoms with Gasteiger partial charge in [-0.1, -0.05) is 91.0 Å². The van der Waals surface area contributed by atoms with Crippen molar-refractivity contribution in [2.75, 3.05) is 34.0 Å². The normalized spacial score (nSPS) is 23.0. The van der Waals surface area contributed by atoms with Crippen molar-refractivity contribution >= 4 is 33.9 Å². The first-order valence-electron chi connectivity index (χ1n) is 19.0. The quantitative estimate of drug-likeness (QED) is 0.0835. The Kier molecular flexibility index (Phi) is 15.6. The predicted octanol–water partition coefficient (Wildman–Crippen LogP) is 6.23. The lowest BCUT2D eigenvalue weighted by Crippen LogP contribution is -2.61. The van der Waals surface area contributed by atoms with Gasteiger partial charge in [0.25, 0.3) is 5.91 Å². The Labute approximate surface area is 345 Å². The molecule has 2 saturated heterocycles. The van der Waals surface area contributed by atoms with Crippen LogP contribution in [-0.4, -0.2) is 98.8 Å². The molecule has 0 radical (unpaired) electrons. The van der Waals surface area contributed by atoms with Gasteiger partial charge in [0.15, 0.2) is 18.5 Å². The highest BCUT2D eigenvalue weighted by molar-refractivity contribution is 9.10. The van der Waals surface area contributed by atoms with Gasteiger partial charge < -0.3 is 47.4 Å². The molecule has 0 spiro atoms. The van der Waals surface area contributed by atoms with E-state index in [1.807, 2.05) is 66.7 Å². The largest absolute Gasteiger partial charge is 0.461 e. The summed E-state index contributed by atoms with van der Waals surface area (Å²) < 4.78 is 54.5. The lowest BCUT2D eigenvalue weighted by molar-refractivity contribution is -0.319. The number of methoxy groups -OCH3 is 2. The van der Waals surface area contributed by atoms with Crippen LogP contribution in [0.15, 0.2) is 106 Å². The molecule has 0 unspecified atom stereocenters. The van der Waals surface area contributed by atoms with Crippen LogP contribution in [0.3, 0.4) is 0 Å². The van der Waals surface area contributed by atoms with Crippen LogP contribution < -0.4 is 0 Å². The maximum Gasteiger partial charge on any atom is 0.417 e. The number of hydrogen-bond donors (Lipinski definition) is 1. The van der Waals surface area contributed by atoms with Gasteiger partial charge in [-0.2, -0.15) is 0 Å². The average Bonchev–Trinajstić information content (AvgIpc) is 3.82. The number of halogens is 1. The Morgan fingerprint density at radius 2 is 1.50 bits per heavy atom. The molecule has 0 bridgehead atoms. The fourth-order valence-electron chi connectivity index (χ4n) is 7.03. The van der Waals surface area contributed by atoms with Gasteiger partial charge in [0.2, 0.25) is 0 Å². The molecule has 6 rings (SSSR count). The Morgan fingerprint density at radius 1 is 0.879 bits per heavy atom. The Hall–Kier alpha value is -4.45. The number of imide groups is 1.